The first kappa shape index (κ1) is 12.6. The third kappa shape index (κ3) is 3.57. The van der Waals surface area contributed by atoms with E-state index in [1.54, 1.807) is 0 Å². The molecule has 1 aromatic rings. The maximum Gasteiger partial charge on any atom is 0.251 e. The van der Waals surface area contributed by atoms with Crippen molar-refractivity contribution < 1.29 is 4.79 Å². The number of hydrogen-bond donors (Lipinski definition) is 2. The van der Waals surface area contributed by atoms with Crippen molar-refractivity contribution in [3.05, 3.63) is 29.8 Å². The SMILES string of the molecule is CCNc1ccc(C(=O)NC(C)CC)cc1. The molecule has 0 aliphatic heterocycles. The molecule has 1 amide bonds. The summed E-state index contributed by atoms with van der Waals surface area (Å²) in [5.74, 6) is -0.00241. The normalized spacial score (nSPS) is 11.9. The fourth-order valence-corrected chi connectivity index (χ4v) is 1.35. The first-order valence-electron chi connectivity index (χ1n) is 5.82. The summed E-state index contributed by atoms with van der Waals surface area (Å²) in [5.41, 5.74) is 1.75. The van der Waals surface area contributed by atoms with E-state index in [1.807, 2.05) is 38.1 Å². The van der Waals surface area contributed by atoms with Crippen LogP contribution in [0, 0.1) is 0 Å². The molecule has 0 fully saturated rings. The number of rotatable bonds is 5. The fraction of sp³-hybridized carbons (Fsp3) is 0.462. The van der Waals surface area contributed by atoms with Gasteiger partial charge in [0, 0.05) is 23.8 Å². The Hall–Kier alpha value is -1.51. The number of nitrogens with one attached hydrogen (secondary N) is 2. The van der Waals surface area contributed by atoms with E-state index in [-0.39, 0.29) is 11.9 Å². The first-order chi connectivity index (χ1) is 7.67. The minimum absolute atomic E-state index is 0.00241. The quantitative estimate of drug-likeness (QED) is 0.801. The van der Waals surface area contributed by atoms with Crippen molar-refractivity contribution in [1.29, 1.82) is 0 Å². The molecule has 1 atom stereocenters. The zero-order valence-corrected chi connectivity index (χ0v) is 10.2. The van der Waals surface area contributed by atoms with Gasteiger partial charge < -0.3 is 10.6 Å². The average Bonchev–Trinajstić information content (AvgIpc) is 2.30. The summed E-state index contributed by atoms with van der Waals surface area (Å²) in [6.45, 7) is 6.99. The highest BCUT2D eigenvalue weighted by Gasteiger charge is 2.07. The lowest BCUT2D eigenvalue weighted by molar-refractivity contribution is 0.0939. The van der Waals surface area contributed by atoms with Crippen LogP contribution >= 0.6 is 0 Å². The van der Waals surface area contributed by atoms with Crippen LogP contribution in [0.1, 0.15) is 37.6 Å². The summed E-state index contributed by atoms with van der Waals surface area (Å²) < 4.78 is 0. The van der Waals surface area contributed by atoms with Gasteiger partial charge in [0.2, 0.25) is 0 Å². The number of hydrogen-bond acceptors (Lipinski definition) is 2. The second-order valence-corrected chi connectivity index (χ2v) is 3.89. The molecule has 0 saturated carbocycles. The van der Waals surface area contributed by atoms with Gasteiger partial charge in [-0.2, -0.15) is 0 Å². The van der Waals surface area contributed by atoms with Crippen LogP contribution in [0.3, 0.4) is 0 Å². The zero-order valence-electron chi connectivity index (χ0n) is 10.2. The lowest BCUT2D eigenvalue weighted by Gasteiger charge is -2.11. The van der Waals surface area contributed by atoms with Gasteiger partial charge >= 0.3 is 0 Å². The van der Waals surface area contributed by atoms with Crippen LogP contribution in [0.2, 0.25) is 0 Å². The summed E-state index contributed by atoms with van der Waals surface area (Å²) in [4.78, 5) is 11.8. The van der Waals surface area contributed by atoms with E-state index in [1.165, 1.54) is 0 Å². The van der Waals surface area contributed by atoms with Crippen molar-refractivity contribution in [3.63, 3.8) is 0 Å². The monoisotopic (exact) mass is 220 g/mol. The Morgan fingerprint density at radius 2 is 1.88 bits per heavy atom. The second kappa shape index (κ2) is 6.16. The predicted molar refractivity (Wildman–Crippen MR) is 67.8 cm³/mol. The van der Waals surface area contributed by atoms with Gasteiger partial charge in [0.15, 0.2) is 0 Å². The Morgan fingerprint density at radius 3 is 2.38 bits per heavy atom. The molecule has 1 unspecified atom stereocenters. The Kier molecular flexibility index (Phi) is 4.83. The maximum atomic E-state index is 11.8. The molecule has 88 valence electrons. The van der Waals surface area contributed by atoms with E-state index in [0.717, 1.165) is 18.7 Å². The molecular weight excluding hydrogens is 200 g/mol. The molecule has 0 aliphatic rings. The Bertz CT molecular complexity index is 332. The van der Waals surface area contributed by atoms with Gasteiger partial charge in [-0.3, -0.25) is 4.79 Å². The van der Waals surface area contributed by atoms with E-state index in [2.05, 4.69) is 17.6 Å². The van der Waals surface area contributed by atoms with Gasteiger partial charge in [-0.1, -0.05) is 6.92 Å². The number of carbonyl (C=O) groups excluding carboxylic acids is 1. The van der Waals surface area contributed by atoms with Crippen LogP contribution in [0.5, 0.6) is 0 Å². The first-order valence-corrected chi connectivity index (χ1v) is 5.82. The summed E-state index contributed by atoms with van der Waals surface area (Å²) >= 11 is 0. The third-order valence-corrected chi connectivity index (χ3v) is 2.52. The Morgan fingerprint density at radius 1 is 1.25 bits per heavy atom. The van der Waals surface area contributed by atoms with Crippen LogP contribution in [0.4, 0.5) is 5.69 Å². The molecule has 16 heavy (non-hydrogen) atoms. The second-order valence-electron chi connectivity index (χ2n) is 3.89. The van der Waals surface area contributed by atoms with Gasteiger partial charge in [-0.05, 0) is 44.5 Å². The van der Waals surface area contributed by atoms with Gasteiger partial charge in [0.05, 0.1) is 0 Å². The fourth-order valence-electron chi connectivity index (χ4n) is 1.35. The van der Waals surface area contributed by atoms with E-state index in [9.17, 15) is 4.79 Å². The molecule has 1 aromatic carbocycles. The minimum Gasteiger partial charge on any atom is -0.385 e. The molecule has 3 nitrogen and oxygen atoms in total. The van der Waals surface area contributed by atoms with Crippen molar-refractivity contribution in [3.8, 4) is 0 Å². The Balaban J connectivity index is 2.63. The third-order valence-electron chi connectivity index (χ3n) is 2.52. The zero-order chi connectivity index (χ0) is 12.0. The molecule has 0 saturated heterocycles. The van der Waals surface area contributed by atoms with Gasteiger partial charge in [0.25, 0.3) is 5.91 Å². The maximum absolute atomic E-state index is 11.8. The lowest BCUT2D eigenvalue weighted by Crippen LogP contribution is -2.31. The molecular formula is C13H20N2O. The molecule has 2 N–H and O–H groups in total. The summed E-state index contributed by atoms with van der Waals surface area (Å²) in [5, 5.41) is 6.13. The lowest BCUT2D eigenvalue weighted by atomic mass is 10.1. The topological polar surface area (TPSA) is 41.1 Å². The average molecular weight is 220 g/mol. The van der Waals surface area contributed by atoms with Crippen molar-refractivity contribution in [1.82, 2.24) is 5.32 Å². The largest absolute Gasteiger partial charge is 0.385 e. The molecule has 0 bridgehead atoms. The standard InChI is InChI=1S/C13H20N2O/c1-4-10(3)15-13(16)11-6-8-12(9-7-11)14-5-2/h6-10,14H,4-5H2,1-3H3,(H,15,16). The minimum atomic E-state index is -0.00241. The van der Waals surface area contributed by atoms with E-state index in [0.29, 0.717) is 5.56 Å². The van der Waals surface area contributed by atoms with Gasteiger partial charge in [-0.15, -0.1) is 0 Å². The van der Waals surface area contributed by atoms with Crippen LogP contribution in [-0.4, -0.2) is 18.5 Å². The number of amides is 1. The van der Waals surface area contributed by atoms with E-state index < -0.39 is 0 Å². The number of anilines is 1. The number of carbonyl (C=O) groups is 1. The van der Waals surface area contributed by atoms with Gasteiger partial charge in [-0.25, -0.2) is 0 Å². The Labute approximate surface area is 97.2 Å². The molecule has 0 radical (unpaired) electrons. The molecule has 0 aromatic heterocycles. The van der Waals surface area contributed by atoms with Crippen molar-refractivity contribution >= 4 is 11.6 Å². The molecule has 1 rings (SSSR count). The molecule has 0 heterocycles. The number of benzene rings is 1. The molecule has 0 aliphatic carbocycles. The summed E-state index contributed by atoms with van der Waals surface area (Å²) in [6, 6.07) is 7.76. The molecule has 0 spiro atoms. The highest BCUT2D eigenvalue weighted by Crippen LogP contribution is 2.09. The van der Waals surface area contributed by atoms with Crippen LogP contribution in [0.25, 0.3) is 0 Å². The van der Waals surface area contributed by atoms with Crippen molar-refractivity contribution in [2.75, 3.05) is 11.9 Å². The van der Waals surface area contributed by atoms with E-state index in [4.69, 9.17) is 0 Å². The van der Waals surface area contributed by atoms with Crippen LogP contribution < -0.4 is 10.6 Å². The van der Waals surface area contributed by atoms with Crippen LogP contribution in [-0.2, 0) is 0 Å². The smallest absolute Gasteiger partial charge is 0.251 e. The summed E-state index contributed by atoms with van der Waals surface area (Å²) in [6.07, 6.45) is 0.946. The van der Waals surface area contributed by atoms with E-state index >= 15 is 0 Å². The summed E-state index contributed by atoms with van der Waals surface area (Å²) in [7, 11) is 0. The van der Waals surface area contributed by atoms with Crippen molar-refractivity contribution in [2.45, 2.75) is 33.2 Å². The van der Waals surface area contributed by atoms with Gasteiger partial charge in [0.1, 0.15) is 0 Å². The van der Waals surface area contributed by atoms with Crippen molar-refractivity contribution in [2.24, 2.45) is 0 Å². The van der Waals surface area contributed by atoms with Crippen LogP contribution in [0.15, 0.2) is 24.3 Å². The highest BCUT2D eigenvalue weighted by atomic mass is 16.1. The predicted octanol–water partition coefficient (Wildman–Crippen LogP) is 2.65. The molecule has 3 heteroatoms. The highest BCUT2D eigenvalue weighted by molar-refractivity contribution is 5.94.